The summed E-state index contributed by atoms with van der Waals surface area (Å²) in [6, 6.07) is 11.3. The van der Waals surface area contributed by atoms with Gasteiger partial charge in [-0.3, -0.25) is 4.79 Å². The number of carbonyl (C=O) groups excluding carboxylic acids is 1. The van der Waals surface area contributed by atoms with Crippen molar-refractivity contribution in [3.8, 4) is 23.0 Å². The summed E-state index contributed by atoms with van der Waals surface area (Å²) in [5.74, 6) is 0.249. The molecule has 0 aliphatic heterocycles. The first-order valence-electron chi connectivity index (χ1n) is 15.6. The Kier molecular flexibility index (Phi) is 11.3. The molecule has 0 bridgehead atoms. The lowest BCUT2D eigenvalue weighted by Gasteiger charge is -2.20. The standard InChI is InChI=1S/C39H46O8/c1-21-9-28(23(3)33(36(21)41)14-26-11-30(18-45-6)38(43)31(12-26)19-46-7)17-29-10-22(2)37(42)34(24(29)4)15-27-13-32(20-47-8)39(44)35(16-27)25(5)40/h9-13,16,41-44H,14-15,17-20H2,1-8H3. The number of carbonyl (C=O) groups is 1. The lowest BCUT2D eigenvalue weighted by Crippen LogP contribution is -2.06. The summed E-state index contributed by atoms with van der Waals surface area (Å²) in [7, 11) is 4.69. The van der Waals surface area contributed by atoms with E-state index in [0.29, 0.717) is 36.0 Å². The van der Waals surface area contributed by atoms with Crippen molar-refractivity contribution < 1.29 is 39.4 Å². The molecule has 0 fully saturated rings. The number of benzene rings is 4. The van der Waals surface area contributed by atoms with Gasteiger partial charge in [0.1, 0.15) is 23.0 Å². The number of aromatic hydroxyl groups is 4. The van der Waals surface area contributed by atoms with Crippen LogP contribution in [0, 0.1) is 27.7 Å². The van der Waals surface area contributed by atoms with Crippen LogP contribution < -0.4 is 0 Å². The molecule has 250 valence electrons. The highest BCUT2D eigenvalue weighted by atomic mass is 16.5. The highest BCUT2D eigenvalue weighted by Crippen LogP contribution is 2.37. The topological polar surface area (TPSA) is 126 Å². The monoisotopic (exact) mass is 642 g/mol. The fourth-order valence-corrected chi connectivity index (χ4v) is 6.37. The predicted octanol–water partition coefficient (Wildman–Crippen LogP) is 7.16. The van der Waals surface area contributed by atoms with Gasteiger partial charge in [0, 0.05) is 62.0 Å². The van der Waals surface area contributed by atoms with Crippen LogP contribution in [0.15, 0.2) is 36.4 Å². The fourth-order valence-electron chi connectivity index (χ4n) is 6.37. The van der Waals surface area contributed by atoms with Crippen LogP contribution in [0.5, 0.6) is 23.0 Å². The molecule has 0 aliphatic rings. The Balaban J connectivity index is 1.76. The van der Waals surface area contributed by atoms with Crippen molar-refractivity contribution in [3.05, 3.63) is 114 Å². The van der Waals surface area contributed by atoms with E-state index in [-0.39, 0.29) is 54.2 Å². The van der Waals surface area contributed by atoms with E-state index in [1.165, 1.54) is 14.0 Å². The summed E-state index contributed by atoms with van der Waals surface area (Å²) in [6.07, 6.45) is 1.38. The summed E-state index contributed by atoms with van der Waals surface area (Å²) < 4.78 is 15.9. The Bertz CT molecular complexity index is 1780. The van der Waals surface area contributed by atoms with Crippen LogP contribution in [0.1, 0.15) is 89.6 Å². The molecule has 0 aliphatic carbocycles. The van der Waals surface area contributed by atoms with E-state index in [9.17, 15) is 25.2 Å². The molecule has 4 aromatic carbocycles. The third-order valence-electron chi connectivity index (χ3n) is 8.97. The molecular formula is C39H46O8. The van der Waals surface area contributed by atoms with Crippen molar-refractivity contribution in [1.82, 2.24) is 0 Å². The third kappa shape index (κ3) is 7.62. The molecule has 0 heterocycles. The number of ether oxygens (including phenoxy) is 3. The first-order chi connectivity index (χ1) is 22.3. The highest BCUT2D eigenvalue weighted by molar-refractivity contribution is 5.97. The van der Waals surface area contributed by atoms with Crippen LogP contribution in [0.4, 0.5) is 0 Å². The summed E-state index contributed by atoms with van der Waals surface area (Å²) in [5, 5.41) is 43.8. The van der Waals surface area contributed by atoms with E-state index in [2.05, 4.69) is 0 Å². The molecule has 0 amide bonds. The molecule has 4 aromatic rings. The van der Waals surface area contributed by atoms with Crippen molar-refractivity contribution in [3.63, 3.8) is 0 Å². The molecular weight excluding hydrogens is 596 g/mol. The van der Waals surface area contributed by atoms with E-state index in [1.807, 2.05) is 58.0 Å². The lowest BCUT2D eigenvalue weighted by molar-refractivity contribution is 0.101. The number of hydrogen-bond donors (Lipinski definition) is 4. The van der Waals surface area contributed by atoms with E-state index in [4.69, 9.17) is 14.2 Å². The largest absolute Gasteiger partial charge is 0.507 e. The molecule has 0 aromatic heterocycles. The number of phenolic OH excluding ortho intramolecular Hbond substituents is 4. The van der Waals surface area contributed by atoms with Crippen LogP contribution in [0.3, 0.4) is 0 Å². The molecule has 0 saturated carbocycles. The maximum Gasteiger partial charge on any atom is 0.163 e. The second-order valence-electron chi connectivity index (χ2n) is 12.4. The lowest BCUT2D eigenvalue weighted by atomic mass is 9.86. The van der Waals surface area contributed by atoms with Crippen molar-refractivity contribution in [1.29, 1.82) is 0 Å². The van der Waals surface area contributed by atoms with Gasteiger partial charge < -0.3 is 34.6 Å². The first kappa shape index (κ1) is 35.5. The molecule has 8 heteroatoms. The van der Waals surface area contributed by atoms with Crippen LogP contribution in [0.25, 0.3) is 0 Å². The zero-order valence-electron chi connectivity index (χ0n) is 28.6. The number of aryl methyl sites for hydroxylation is 2. The second-order valence-corrected chi connectivity index (χ2v) is 12.4. The zero-order chi connectivity index (χ0) is 34.6. The first-order valence-corrected chi connectivity index (χ1v) is 15.6. The van der Waals surface area contributed by atoms with Crippen LogP contribution in [0.2, 0.25) is 0 Å². The molecule has 0 spiro atoms. The molecule has 47 heavy (non-hydrogen) atoms. The van der Waals surface area contributed by atoms with Crippen molar-refractivity contribution in [2.45, 2.75) is 73.7 Å². The van der Waals surface area contributed by atoms with Gasteiger partial charge in [-0.1, -0.05) is 12.1 Å². The number of ketones is 1. The minimum Gasteiger partial charge on any atom is -0.507 e. The molecule has 4 rings (SSSR count). The van der Waals surface area contributed by atoms with Gasteiger partial charge >= 0.3 is 0 Å². The summed E-state index contributed by atoms with van der Waals surface area (Å²) in [6.45, 7) is 9.82. The maximum absolute atomic E-state index is 12.3. The minimum absolute atomic E-state index is 0.0832. The molecule has 0 saturated heterocycles. The number of hydrogen-bond acceptors (Lipinski definition) is 8. The van der Waals surface area contributed by atoms with Crippen molar-refractivity contribution in [2.24, 2.45) is 0 Å². The van der Waals surface area contributed by atoms with Gasteiger partial charge in [-0.25, -0.2) is 0 Å². The molecule has 0 unspecified atom stereocenters. The molecule has 0 atom stereocenters. The molecule has 0 radical (unpaired) electrons. The Hall–Kier alpha value is -4.37. The van der Waals surface area contributed by atoms with Gasteiger partial charge in [-0.2, -0.15) is 0 Å². The predicted molar refractivity (Wildman–Crippen MR) is 182 cm³/mol. The normalized spacial score (nSPS) is 11.3. The van der Waals surface area contributed by atoms with Gasteiger partial charge in [0.15, 0.2) is 5.78 Å². The number of phenols is 4. The van der Waals surface area contributed by atoms with E-state index >= 15 is 0 Å². The zero-order valence-corrected chi connectivity index (χ0v) is 28.6. The Morgan fingerprint density at radius 2 is 0.915 bits per heavy atom. The highest BCUT2D eigenvalue weighted by Gasteiger charge is 2.21. The van der Waals surface area contributed by atoms with Gasteiger partial charge in [0.05, 0.1) is 25.4 Å². The fraction of sp³-hybridized carbons (Fsp3) is 0.359. The summed E-state index contributed by atoms with van der Waals surface area (Å²) in [5.41, 5.74) is 10.8. The van der Waals surface area contributed by atoms with Gasteiger partial charge in [0.2, 0.25) is 0 Å². The van der Waals surface area contributed by atoms with Crippen LogP contribution in [-0.4, -0.2) is 47.5 Å². The summed E-state index contributed by atoms with van der Waals surface area (Å²) >= 11 is 0. The van der Waals surface area contributed by atoms with E-state index in [0.717, 1.165) is 55.6 Å². The summed E-state index contributed by atoms with van der Waals surface area (Å²) in [4.78, 5) is 12.3. The third-order valence-corrected chi connectivity index (χ3v) is 8.97. The van der Waals surface area contributed by atoms with E-state index < -0.39 is 0 Å². The average molecular weight is 643 g/mol. The molecule has 8 nitrogen and oxygen atoms in total. The van der Waals surface area contributed by atoms with E-state index in [1.54, 1.807) is 20.3 Å². The van der Waals surface area contributed by atoms with Crippen LogP contribution >= 0.6 is 0 Å². The second kappa shape index (κ2) is 15.0. The Labute approximate surface area is 277 Å². The number of rotatable bonds is 13. The quantitative estimate of drug-likeness (QED) is 0.113. The van der Waals surface area contributed by atoms with Crippen LogP contribution in [-0.2, 0) is 53.3 Å². The number of methoxy groups -OCH3 is 3. The SMILES string of the molecule is COCc1cc(Cc2c(C)c(Cc3cc(C)c(O)c(Cc4cc(COC)c(O)c(C(C)=O)c4)c3C)cc(C)c2O)cc(COC)c1O. The van der Waals surface area contributed by atoms with Crippen molar-refractivity contribution in [2.75, 3.05) is 21.3 Å². The number of Topliss-reactive ketones (excluding diaryl/α,β-unsaturated/α-hetero) is 1. The van der Waals surface area contributed by atoms with Crippen molar-refractivity contribution >= 4 is 5.78 Å². The minimum atomic E-state index is -0.251. The Morgan fingerprint density at radius 1 is 0.532 bits per heavy atom. The Morgan fingerprint density at radius 3 is 1.30 bits per heavy atom. The van der Waals surface area contributed by atoms with Gasteiger partial charge in [0.25, 0.3) is 0 Å². The van der Waals surface area contributed by atoms with Gasteiger partial charge in [-0.15, -0.1) is 0 Å². The van der Waals surface area contributed by atoms with Gasteiger partial charge in [-0.05, 0) is 110 Å². The smallest absolute Gasteiger partial charge is 0.163 e. The maximum atomic E-state index is 12.3. The molecule has 4 N–H and O–H groups in total. The average Bonchev–Trinajstić information content (AvgIpc) is 3.02.